The monoisotopic (exact) mass is 304 g/mol. The average molecular weight is 304 g/mol. The summed E-state index contributed by atoms with van der Waals surface area (Å²) in [4.78, 5) is 14.0. The van der Waals surface area contributed by atoms with E-state index in [1.807, 2.05) is 0 Å². The number of hydrogen-bond acceptors (Lipinski definition) is 5. The Bertz CT molecular complexity index is 467. The molecule has 2 N–H and O–H groups in total. The minimum atomic E-state index is -3.63. The van der Waals surface area contributed by atoms with E-state index in [0.717, 1.165) is 32.5 Å². The van der Waals surface area contributed by atoms with E-state index >= 15 is 0 Å². The summed E-state index contributed by atoms with van der Waals surface area (Å²) in [6, 6.07) is 0. The van der Waals surface area contributed by atoms with Crippen LogP contribution in [0.3, 0.4) is 0 Å². The molecule has 0 radical (unpaired) electrons. The Morgan fingerprint density at radius 3 is 2.50 bits per heavy atom. The molecule has 2 rings (SSSR count). The summed E-state index contributed by atoms with van der Waals surface area (Å²) in [6.45, 7) is 7.16. The lowest BCUT2D eigenvalue weighted by Crippen LogP contribution is -2.47. The number of sulfonamides is 1. The number of rotatable bonds is 4. The first-order valence-electron chi connectivity index (χ1n) is 7.12. The van der Waals surface area contributed by atoms with Crippen LogP contribution < -0.4 is 5.14 Å². The van der Waals surface area contributed by atoms with Crippen LogP contribution in [0.4, 0.5) is 0 Å². The van der Waals surface area contributed by atoms with E-state index in [9.17, 15) is 13.2 Å². The normalized spacial score (nSPS) is 27.2. The lowest BCUT2D eigenvalue weighted by Gasteiger charge is -2.41. The number of carbonyl (C=O) groups is 1. The van der Waals surface area contributed by atoms with Gasteiger partial charge in [0.15, 0.2) is 0 Å². The van der Waals surface area contributed by atoms with Gasteiger partial charge in [0.25, 0.3) is 0 Å². The van der Waals surface area contributed by atoms with Gasteiger partial charge in [-0.05, 0) is 31.8 Å². The van der Waals surface area contributed by atoms with Crippen LogP contribution in [0.15, 0.2) is 0 Å². The zero-order chi connectivity index (χ0) is 15.0. The third-order valence-corrected chi connectivity index (χ3v) is 5.08. The lowest BCUT2D eigenvalue weighted by atomic mass is 9.73. The summed E-state index contributed by atoms with van der Waals surface area (Å²) in [7, 11) is -3.63. The van der Waals surface area contributed by atoms with Crippen molar-refractivity contribution >= 4 is 16.0 Å². The number of nitrogens with two attached hydrogens (primary N) is 1. The molecule has 7 heteroatoms. The first kappa shape index (κ1) is 15.7. The number of esters is 1. The molecule has 20 heavy (non-hydrogen) atoms. The van der Waals surface area contributed by atoms with Gasteiger partial charge in [-0.15, -0.1) is 0 Å². The van der Waals surface area contributed by atoms with Gasteiger partial charge >= 0.3 is 5.97 Å². The molecule has 1 atom stereocenters. The number of hydrogen-bond donors (Lipinski definition) is 1. The second-order valence-electron chi connectivity index (χ2n) is 6.54. The van der Waals surface area contributed by atoms with E-state index in [2.05, 4.69) is 18.7 Å². The van der Waals surface area contributed by atoms with E-state index in [-0.39, 0.29) is 17.1 Å². The van der Waals surface area contributed by atoms with Gasteiger partial charge < -0.3 is 9.64 Å². The number of likely N-dealkylation sites (tertiary alicyclic amines) is 1. The maximum absolute atomic E-state index is 11.6. The molecule has 0 aromatic carbocycles. The van der Waals surface area contributed by atoms with Gasteiger partial charge in [0, 0.05) is 12.0 Å². The number of nitrogens with zero attached hydrogens (tertiary/aromatic N) is 1. The molecule has 116 valence electrons. The molecule has 0 aliphatic carbocycles. The number of cyclic esters (lactones) is 1. The van der Waals surface area contributed by atoms with Crippen molar-refractivity contribution in [2.75, 3.05) is 25.4 Å². The molecule has 0 amide bonds. The smallest absolute Gasteiger partial charge is 0.306 e. The second kappa shape index (κ2) is 5.61. The highest BCUT2D eigenvalue weighted by Gasteiger charge is 2.51. The first-order chi connectivity index (χ1) is 9.20. The third kappa shape index (κ3) is 3.71. The van der Waals surface area contributed by atoms with Crippen molar-refractivity contribution in [3.05, 3.63) is 0 Å². The van der Waals surface area contributed by atoms with Crippen molar-refractivity contribution in [3.8, 4) is 0 Å². The van der Waals surface area contributed by atoms with Gasteiger partial charge in [-0.3, -0.25) is 4.79 Å². The molecule has 0 bridgehead atoms. The molecule has 0 aromatic heterocycles. The van der Waals surface area contributed by atoms with Gasteiger partial charge in [0.05, 0.1) is 6.42 Å². The van der Waals surface area contributed by atoms with E-state index < -0.39 is 16.1 Å². The van der Waals surface area contributed by atoms with Gasteiger partial charge in [0.1, 0.15) is 11.9 Å². The highest BCUT2D eigenvalue weighted by Crippen LogP contribution is 2.45. The van der Waals surface area contributed by atoms with Crippen LogP contribution in [0.1, 0.15) is 33.1 Å². The fraction of sp³-hybridized carbons (Fsp3) is 0.923. The Morgan fingerprint density at radius 1 is 1.40 bits per heavy atom. The summed E-state index contributed by atoms with van der Waals surface area (Å²) in [5.74, 6) is 0.0461. The number of piperidine rings is 1. The molecular formula is C13H24N2O4S. The summed E-state index contributed by atoms with van der Waals surface area (Å²) >= 11 is 0. The Kier molecular flexibility index (Phi) is 4.41. The van der Waals surface area contributed by atoms with E-state index in [4.69, 9.17) is 9.88 Å². The molecule has 2 fully saturated rings. The quantitative estimate of drug-likeness (QED) is 0.756. The summed E-state index contributed by atoms with van der Waals surface area (Å²) in [6.07, 6.45) is 1.34. The molecule has 2 heterocycles. The van der Waals surface area contributed by atoms with E-state index in [1.165, 1.54) is 0 Å². The third-order valence-electron chi connectivity index (χ3n) is 4.31. The maximum atomic E-state index is 11.6. The Hall–Kier alpha value is -0.660. The molecule has 2 aliphatic heterocycles. The van der Waals surface area contributed by atoms with Crippen molar-refractivity contribution < 1.29 is 17.9 Å². The van der Waals surface area contributed by atoms with Crippen LogP contribution in [0.2, 0.25) is 0 Å². The van der Waals surface area contributed by atoms with Gasteiger partial charge in [-0.2, -0.15) is 0 Å². The topological polar surface area (TPSA) is 89.7 Å². The average Bonchev–Trinajstić information content (AvgIpc) is 2.56. The van der Waals surface area contributed by atoms with Gasteiger partial charge in [-0.1, -0.05) is 13.8 Å². The standard InChI is InChI=1S/C13H24N2O4S/c1-10(2)8-15-5-3-13(4-6-15)7-12(16)19-11(13)9-20(14,17)18/h10-11H,3-9H2,1-2H3,(H2,14,17,18). The Labute approximate surface area is 120 Å². The number of ether oxygens (including phenoxy) is 1. The molecule has 0 saturated carbocycles. The predicted octanol–water partition coefficient (Wildman–Crippen LogP) is 0.329. The van der Waals surface area contributed by atoms with Crippen molar-refractivity contribution in [2.24, 2.45) is 16.5 Å². The van der Waals surface area contributed by atoms with Crippen molar-refractivity contribution in [2.45, 2.75) is 39.2 Å². The van der Waals surface area contributed by atoms with E-state index in [0.29, 0.717) is 12.3 Å². The summed E-state index contributed by atoms with van der Waals surface area (Å²) in [5.41, 5.74) is -0.336. The Balaban J connectivity index is 2.04. The summed E-state index contributed by atoms with van der Waals surface area (Å²) < 4.78 is 27.8. The second-order valence-corrected chi connectivity index (χ2v) is 8.20. The fourth-order valence-corrected chi connectivity index (χ4v) is 4.19. The zero-order valence-electron chi connectivity index (χ0n) is 12.2. The molecule has 2 saturated heterocycles. The predicted molar refractivity (Wildman–Crippen MR) is 75.4 cm³/mol. The molecule has 2 aliphatic rings. The van der Waals surface area contributed by atoms with Crippen molar-refractivity contribution in [3.63, 3.8) is 0 Å². The number of primary sulfonamides is 1. The maximum Gasteiger partial charge on any atom is 0.306 e. The lowest BCUT2D eigenvalue weighted by molar-refractivity contribution is -0.141. The van der Waals surface area contributed by atoms with Crippen LogP contribution >= 0.6 is 0 Å². The van der Waals surface area contributed by atoms with Crippen LogP contribution in [0, 0.1) is 11.3 Å². The van der Waals surface area contributed by atoms with Gasteiger partial charge in [-0.25, -0.2) is 13.6 Å². The zero-order valence-corrected chi connectivity index (χ0v) is 13.0. The molecule has 0 aromatic rings. The highest BCUT2D eigenvalue weighted by atomic mass is 32.2. The minimum absolute atomic E-state index is 0.261. The van der Waals surface area contributed by atoms with E-state index in [1.54, 1.807) is 0 Å². The minimum Gasteiger partial charge on any atom is -0.461 e. The first-order valence-corrected chi connectivity index (χ1v) is 8.84. The van der Waals surface area contributed by atoms with Crippen LogP contribution in [0.25, 0.3) is 0 Å². The van der Waals surface area contributed by atoms with Gasteiger partial charge in [0.2, 0.25) is 10.0 Å². The van der Waals surface area contributed by atoms with Crippen molar-refractivity contribution in [1.29, 1.82) is 0 Å². The largest absolute Gasteiger partial charge is 0.461 e. The molecular weight excluding hydrogens is 280 g/mol. The molecule has 1 unspecified atom stereocenters. The SMILES string of the molecule is CC(C)CN1CCC2(CC1)CC(=O)OC2CS(N)(=O)=O. The molecule has 1 spiro atoms. The van der Waals surface area contributed by atoms with Crippen LogP contribution in [-0.4, -0.2) is 50.8 Å². The van der Waals surface area contributed by atoms with Crippen molar-refractivity contribution in [1.82, 2.24) is 4.90 Å². The molecule has 6 nitrogen and oxygen atoms in total. The number of carbonyl (C=O) groups excluding carboxylic acids is 1. The fourth-order valence-electron chi connectivity index (χ4n) is 3.34. The Morgan fingerprint density at radius 2 is 2.00 bits per heavy atom. The van der Waals surface area contributed by atoms with Crippen LogP contribution in [0.5, 0.6) is 0 Å². The van der Waals surface area contributed by atoms with Crippen LogP contribution in [-0.2, 0) is 19.6 Å². The highest BCUT2D eigenvalue weighted by molar-refractivity contribution is 7.89. The summed E-state index contributed by atoms with van der Waals surface area (Å²) in [5, 5.41) is 5.11.